The third-order valence-electron chi connectivity index (χ3n) is 2.84. The van der Waals surface area contributed by atoms with Crippen molar-refractivity contribution in [1.82, 2.24) is 0 Å². The summed E-state index contributed by atoms with van der Waals surface area (Å²) in [7, 11) is 0. The van der Waals surface area contributed by atoms with Crippen LogP contribution < -0.4 is 0 Å². The van der Waals surface area contributed by atoms with Gasteiger partial charge in [-0.1, -0.05) is 71.9 Å². The first-order valence-electron chi connectivity index (χ1n) is 6.40. The van der Waals surface area contributed by atoms with Crippen LogP contribution in [0.1, 0.15) is 18.9 Å². The average Bonchev–Trinajstić information content (AvgIpc) is 2.47. The zero-order valence-electron chi connectivity index (χ0n) is 11.2. The summed E-state index contributed by atoms with van der Waals surface area (Å²) >= 11 is 1.82. The van der Waals surface area contributed by atoms with E-state index >= 15 is 0 Å². The van der Waals surface area contributed by atoms with Crippen molar-refractivity contribution < 1.29 is 0 Å². The van der Waals surface area contributed by atoms with Gasteiger partial charge in [-0.15, -0.1) is 6.58 Å². The van der Waals surface area contributed by atoms with Gasteiger partial charge < -0.3 is 0 Å². The van der Waals surface area contributed by atoms with Gasteiger partial charge in [0.2, 0.25) is 0 Å². The van der Waals surface area contributed by atoms with E-state index in [0.29, 0.717) is 0 Å². The van der Waals surface area contributed by atoms with E-state index in [9.17, 15) is 0 Å². The van der Waals surface area contributed by atoms with Crippen LogP contribution in [0.15, 0.2) is 83.8 Å². The zero-order valence-corrected chi connectivity index (χ0v) is 12.0. The molecule has 0 atom stereocenters. The normalized spacial score (nSPS) is 11.8. The van der Waals surface area contributed by atoms with Crippen molar-refractivity contribution in [2.75, 3.05) is 0 Å². The summed E-state index contributed by atoms with van der Waals surface area (Å²) in [6, 6.07) is 21.1. The van der Waals surface area contributed by atoms with Crippen molar-refractivity contribution in [2.24, 2.45) is 0 Å². The number of benzene rings is 2. The summed E-state index contributed by atoms with van der Waals surface area (Å²) < 4.78 is 0. The van der Waals surface area contributed by atoms with E-state index in [1.54, 1.807) is 0 Å². The van der Waals surface area contributed by atoms with Gasteiger partial charge >= 0.3 is 0 Å². The molecule has 96 valence electrons. The Kier molecular flexibility index (Phi) is 5.05. The molecule has 0 amide bonds. The molecule has 0 unspecified atom stereocenters. The standard InChI is InChI=1S/C18H18S/c1-3-10-15(2)18(16-11-6-4-7-12-16)19-17-13-8-5-9-14-17/h3-9,11-14H,1,10H2,2H3/b18-15-. The molecule has 2 aromatic rings. The highest BCUT2D eigenvalue weighted by molar-refractivity contribution is 8.08. The van der Waals surface area contributed by atoms with E-state index in [0.717, 1.165) is 6.42 Å². The van der Waals surface area contributed by atoms with Crippen LogP contribution in [-0.4, -0.2) is 0 Å². The van der Waals surface area contributed by atoms with Crippen molar-refractivity contribution in [1.29, 1.82) is 0 Å². The van der Waals surface area contributed by atoms with Crippen LogP contribution in [-0.2, 0) is 0 Å². The molecule has 0 fully saturated rings. The topological polar surface area (TPSA) is 0 Å². The lowest BCUT2D eigenvalue weighted by Gasteiger charge is -2.11. The van der Waals surface area contributed by atoms with Gasteiger partial charge in [-0.25, -0.2) is 0 Å². The highest BCUT2D eigenvalue weighted by Crippen LogP contribution is 2.37. The second kappa shape index (κ2) is 7.01. The summed E-state index contributed by atoms with van der Waals surface area (Å²) in [4.78, 5) is 2.59. The van der Waals surface area contributed by atoms with Crippen LogP contribution in [0, 0.1) is 0 Å². The fourth-order valence-electron chi connectivity index (χ4n) is 1.90. The zero-order chi connectivity index (χ0) is 13.5. The molecular formula is C18H18S. The quantitative estimate of drug-likeness (QED) is 0.488. The van der Waals surface area contributed by atoms with Crippen molar-refractivity contribution >= 4 is 16.7 Å². The second-order valence-corrected chi connectivity index (χ2v) is 5.47. The van der Waals surface area contributed by atoms with E-state index in [1.165, 1.54) is 20.9 Å². The first kappa shape index (κ1) is 13.7. The van der Waals surface area contributed by atoms with Gasteiger partial charge in [-0.05, 0) is 31.0 Å². The molecule has 0 heterocycles. The SMILES string of the molecule is C=CC/C(C)=C(\Sc1ccccc1)c1ccccc1. The Balaban J connectivity index is 2.36. The van der Waals surface area contributed by atoms with Gasteiger partial charge in [-0.2, -0.15) is 0 Å². The number of thioether (sulfide) groups is 1. The minimum absolute atomic E-state index is 0.921. The lowest BCUT2D eigenvalue weighted by atomic mass is 10.1. The second-order valence-electron chi connectivity index (χ2n) is 4.38. The summed E-state index contributed by atoms with van der Waals surface area (Å²) in [5.41, 5.74) is 2.63. The Labute approximate surface area is 119 Å². The number of allylic oxidation sites excluding steroid dienone is 2. The first-order chi connectivity index (χ1) is 9.31. The van der Waals surface area contributed by atoms with Gasteiger partial charge in [0.05, 0.1) is 0 Å². The molecule has 0 aliphatic heterocycles. The Bertz CT molecular complexity index is 553. The Morgan fingerprint density at radius 1 is 1.00 bits per heavy atom. The van der Waals surface area contributed by atoms with Gasteiger partial charge in [0, 0.05) is 9.80 Å². The monoisotopic (exact) mass is 266 g/mol. The number of rotatable bonds is 5. The summed E-state index contributed by atoms with van der Waals surface area (Å²) in [5.74, 6) is 0. The molecule has 2 rings (SSSR count). The molecule has 0 nitrogen and oxygen atoms in total. The predicted molar refractivity (Wildman–Crippen MR) is 86.1 cm³/mol. The van der Waals surface area contributed by atoms with E-state index in [-0.39, 0.29) is 0 Å². The van der Waals surface area contributed by atoms with Crippen molar-refractivity contribution in [2.45, 2.75) is 18.2 Å². The molecule has 0 bridgehead atoms. The molecule has 0 N–H and O–H groups in total. The lowest BCUT2D eigenvalue weighted by molar-refractivity contribution is 1.23. The molecule has 0 aromatic heterocycles. The average molecular weight is 266 g/mol. The number of hydrogen-bond donors (Lipinski definition) is 0. The molecule has 2 aromatic carbocycles. The maximum Gasteiger partial charge on any atom is 0.0187 e. The predicted octanol–water partition coefficient (Wildman–Crippen LogP) is 5.79. The maximum absolute atomic E-state index is 3.84. The molecule has 0 radical (unpaired) electrons. The molecule has 0 saturated carbocycles. The molecule has 0 aliphatic carbocycles. The van der Waals surface area contributed by atoms with E-state index in [1.807, 2.05) is 23.9 Å². The Morgan fingerprint density at radius 2 is 1.58 bits per heavy atom. The molecule has 19 heavy (non-hydrogen) atoms. The van der Waals surface area contributed by atoms with Crippen LogP contribution >= 0.6 is 11.8 Å². The van der Waals surface area contributed by atoms with E-state index in [2.05, 4.69) is 68.1 Å². The minimum atomic E-state index is 0.921. The molecule has 0 aliphatic rings. The van der Waals surface area contributed by atoms with Crippen molar-refractivity contribution in [3.63, 3.8) is 0 Å². The Morgan fingerprint density at radius 3 is 2.16 bits per heavy atom. The molecule has 0 spiro atoms. The highest BCUT2D eigenvalue weighted by atomic mass is 32.2. The first-order valence-corrected chi connectivity index (χ1v) is 7.22. The van der Waals surface area contributed by atoms with Gasteiger partial charge in [0.25, 0.3) is 0 Å². The van der Waals surface area contributed by atoms with Crippen molar-refractivity contribution in [3.8, 4) is 0 Å². The molecule has 0 saturated heterocycles. The molecular weight excluding hydrogens is 248 g/mol. The third-order valence-corrected chi connectivity index (χ3v) is 4.13. The summed E-state index contributed by atoms with van der Waals surface area (Å²) in [6.07, 6.45) is 2.88. The van der Waals surface area contributed by atoms with E-state index in [4.69, 9.17) is 0 Å². The number of hydrogen-bond acceptors (Lipinski definition) is 1. The minimum Gasteiger partial charge on any atom is -0.103 e. The summed E-state index contributed by atoms with van der Waals surface area (Å²) in [6.45, 7) is 6.02. The van der Waals surface area contributed by atoms with Crippen LogP contribution in [0.5, 0.6) is 0 Å². The fraction of sp³-hybridized carbons (Fsp3) is 0.111. The third kappa shape index (κ3) is 3.87. The van der Waals surface area contributed by atoms with Gasteiger partial charge in [0.15, 0.2) is 0 Å². The van der Waals surface area contributed by atoms with Crippen LogP contribution in [0.3, 0.4) is 0 Å². The van der Waals surface area contributed by atoms with Crippen LogP contribution in [0.2, 0.25) is 0 Å². The van der Waals surface area contributed by atoms with Gasteiger partial charge in [-0.3, -0.25) is 0 Å². The largest absolute Gasteiger partial charge is 0.103 e. The fourth-order valence-corrected chi connectivity index (χ4v) is 2.94. The highest BCUT2D eigenvalue weighted by Gasteiger charge is 2.07. The van der Waals surface area contributed by atoms with Crippen molar-refractivity contribution in [3.05, 3.63) is 84.5 Å². The smallest absolute Gasteiger partial charge is 0.0187 e. The van der Waals surface area contributed by atoms with Gasteiger partial charge in [0.1, 0.15) is 0 Å². The summed E-state index contributed by atoms with van der Waals surface area (Å²) in [5, 5.41) is 0. The van der Waals surface area contributed by atoms with Crippen LogP contribution in [0.25, 0.3) is 4.91 Å². The Hall–Kier alpha value is -1.73. The lowest BCUT2D eigenvalue weighted by Crippen LogP contribution is -1.85. The molecule has 1 heteroatoms. The maximum atomic E-state index is 3.84. The van der Waals surface area contributed by atoms with E-state index < -0.39 is 0 Å². The van der Waals surface area contributed by atoms with Crippen LogP contribution in [0.4, 0.5) is 0 Å².